The van der Waals surface area contributed by atoms with Crippen LogP contribution in [0.2, 0.25) is 0 Å². The average Bonchev–Trinajstić information content (AvgIpc) is 2.44. The van der Waals surface area contributed by atoms with Gasteiger partial charge in [0.2, 0.25) is 0 Å². The molecule has 120 valence electrons. The van der Waals surface area contributed by atoms with Crippen LogP contribution in [0.5, 0.6) is 0 Å². The number of hydrogen-bond acceptors (Lipinski definition) is 2. The van der Waals surface area contributed by atoms with Crippen LogP contribution in [0.4, 0.5) is 0 Å². The molecule has 0 aromatic carbocycles. The molecule has 1 saturated heterocycles. The molecule has 1 rings (SSSR count). The molecule has 0 bridgehead atoms. The predicted octanol–water partition coefficient (Wildman–Crippen LogP) is 2.83. The van der Waals surface area contributed by atoms with Crippen molar-refractivity contribution in [2.45, 2.75) is 65.0 Å². The second-order valence-electron chi connectivity index (χ2n) is 6.24. The van der Waals surface area contributed by atoms with Crippen LogP contribution in [-0.2, 0) is 0 Å². The third-order valence-corrected chi connectivity index (χ3v) is 4.12. The minimum Gasteiger partial charge on any atom is -0.355 e. The van der Waals surface area contributed by atoms with Crippen LogP contribution in [-0.4, -0.2) is 49.1 Å². The van der Waals surface area contributed by atoms with E-state index in [4.69, 9.17) is 0 Å². The molecule has 1 unspecified atom stereocenters. The first-order valence-corrected chi connectivity index (χ1v) is 7.72. The average molecular weight is 396 g/mol. The van der Waals surface area contributed by atoms with Crippen molar-refractivity contribution < 1.29 is 0 Å². The zero-order valence-electron chi connectivity index (χ0n) is 13.8. The van der Waals surface area contributed by atoms with Crippen molar-refractivity contribution in [2.24, 2.45) is 4.99 Å². The minimum atomic E-state index is 0. The van der Waals surface area contributed by atoms with Gasteiger partial charge in [0.05, 0.1) is 0 Å². The molecular weight excluding hydrogens is 363 g/mol. The summed E-state index contributed by atoms with van der Waals surface area (Å²) in [4.78, 5) is 6.90. The fraction of sp³-hybridized carbons (Fsp3) is 0.933. The maximum Gasteiger partial charge on any atom is 0.191 e. The van der Waals surface area contributed by atoms with Gasteiger partial charge in [0.1, 0.15) is 0 Å². The molecule has 0 saturated carbocycles. The fourth-order valence-electron chi connectivity index (χ4n) is 2.44. The van der Waals surface area contributed by atoms with E-state index in [9.17, 15) is 0 Å². The first-order chi connectivity index (χ1) is 8.99. The first kappa shape index (κ1) is 20.0. The number of likely N-dealkylation sites (tertiary alicyclic amines) is 1. The molecule has 0 aromatic heterocycles. The van der Waals surface area contributed by atoms with Crippen molar-refractivity contribution in [1.29, 1.82) is 0 Å². The second kappa shape index (κ2) is 9.82. The van der Waals surface area contributed by atoms with Gasteiger partial charge in [-0.05, 0) is 53.1 Å². The lowest BCUT2D eigenvalue weighted by molar-refractivity contribution is 0.0982. The lowest BCUT2D eigenvalue weighted by Gasteiger charge is -2.41. The Balaban J connectivity index is 0.00000361. The number of rotatable bonds is 5. The van der Waals surface area contributed by atoms with E-state index in [0.717, 1.165) is 18.9 Å². The Kier molecular flexibility index (Phi) is 9.80. The molecule has 0 aromatic rings. The van der Waals surface area contributed by atoms with Gasteiger partial charge >= 0.3 is 0 Å². The summed E-state index contributed by atoms with van der Waals surface area (Å²) < 4.78 is 0. The molecule has 1 aliphatic heterocycles. The first-order valence-electron chi connectivity index (χ1n) is 7.72. The number of aliphatic imine (C=N–C) groups is 1. The summed E-state index contributed by atoms with van der Waals surface area (Å²) in [6.07, 6.45) is 5.17. The van der Waals surface area contributed by atoms with Gasteiger partial charge in [0.15, 0.2) is 5.96 Å². The normalized spacial score (nSPS) is 19.1. The molecule has 20 heavy (non-hydrogen) atoms. The summed E-state index contributed by atoms with van der Waals surface area (Å²) in [6, 6.07) is 0.462. The molecule has 0 amide bonds. The topological polar surface area (TPSA) is 39.7 Å². The predicted molar refractivity (Wildman–Crippen MR) is 99.2 cm³/mol. The molecule has 0 radical (unpaired) electrons. The van der Waals surface area contributed by atoms with Crippen molar-refractivity contribution in [2.75, 3.05) is 26.7 Å². The maximum absolute atomic E-state index is 4.30. The highest BCUT2D eigenvalue weighted by atomic mass is 127. The highest BCUT2D eigenvalue weighted by Gasteiger charge is 2.27. The number of guanidine groups is 1. The third-order valence-electron chi connectivity index (χ3n) is 4.12. The van der Waals surface area contributed by atoms with Gasteiger partial charge in [-0.1, -0.05) is 13.3 Å². The lowest BCUT2D eigenvalue weighted by atomic mass is 9.98. The quantitative estimate of drug-likeness (QED) is 0.427. The summed E-state index contributed by atoms with van der Waals surface area (Å²) in [7, 11) is 1.84. The zero-order valence-corrected chi connectivity index (χ0v) is 16.2. The van der Waals surface area contributed by atoms with E-state index >= 15 is 0 Å². The molecule has 5 heteroatoms. The van der Waals surface area contributed by atoms with Crippen LogP contribution >= 0.6 is 24.0 Å². The Morgan fingerprint density at radius 3 is 2.35 bits per heavy atom. The van der Waals surface area contributed by atoms with Crippen LogP contribution < -0.4 is 10.6 Å². The van der Waals surface area contributed by atoms with Crippen molar-refractivity contribution >= 4 is 29.9 Å². The molecule has 0 aliphatic carbocycles. The SMILES string of the molecule is CCC(C)NC(=NC)NCC(C)(C)N1CCCCC1.I. The molecule has 1 heterocycles. The molecular formula is C15H33IN4. The largest absolute Gasteiger partial charge is 0.355 e. The van der Waals surface area contributed by atoms with E-state index in [1.165, 1.54) is 32.4 Å². The smallest absolute Gasteiger partial charge is 0.191 e. The van der Waals surface area contributed by atoms with E-state index in [1.807, 2.05) is 7.05 Å². The van der Waals surface area contributed by atoms with Crippen molar-refractivity contribution in [3.8, 4) is 0 Å². The Morgan fingerprint density at radius 2 is 1.85 bits per heavy atom. The van der Waals surface area contributed by atoms with E-state index in [-0.39, 0.29) is 29.5 Å². The van der Waals surface area contributed by atoms with Crippen LogP contribution in [0.25, 0.3) is 0 Å². The lowest BCUT2D eigenvalue weighted by Crippen LogP contribution is -2.55. The van der Waals surface area contributed by atoms with Crippen LogP contribution in [0.1, 0.15) is 53.4 Å². The Hall–Kier alpha value is -0.0400. The van der Waals surface area contributed by atoms with Gasteiger partial charge < -0.3 is 10.6 Å². The Bertz CT molecular complexity index is 286. The monoisotopic (exact) mass is 396 g/mol. The summed E-state index contributed by atoms with van der Waals surface area (Å²) in [5.41, 5.74) is 0.188. The number of halogens is 1. The van der Waals surface area contributed by atoms with Crippen molar-refractivity contribution in [3.63, 3.8) is 0 Å². The van der Waals surface area contributed by atoms with E-state index in [2.05, 4.69) is 48.2 Å². The van der Waals surface area contributed by atoms with Crippen LogP contribution in [0.3, 0.4) is 0 Å². The van der Waals surface area contributed by atoms with Crippen LogP contribution in [0.15, 0.2) is 4.99 Å². The summed E-state index contributed by atoms with van der Waals surface area (Å²) in [5.74, 6) is 0.916. The third kappa shape index (κ3) is 6.61. The molecule has 0 spiro atoms. The number of piperidine rings is 1. The van der Waals surface area contributed by atoms with E-state index in [0.29, 0.717) is 6.04 Å². The maximum atomic E-state index is 4.30. The number of nitrogens with one attached hydrogen (secondary N) is 2. The molecule has 1 aliphatic rings. The summed E-state index contributed by atoms with van der Waals surface area (Å²) in [5, 5.41) is 6.88. The van der Waals surface area contributed by atoms with Crippen molar-refractivity contribution in [1.82, 2.24) is 15.5 Å². The van der Waals surface area contributed by atoms with Crippen LogP contribution in [0, 0.1) is 0 Å². The highest BCUT2D eigenvalue weighted by molar-refractivity contribution is 14.0. The van der Waals surface area contributed by atoms with Crippen molar-refractivity contribution in [3.05, 3.63) is 0 Å². The van der Waals surface area contributed by atoms with Gasteiger partial charge in [0.25, 0.3) is 0 Å². The molecule has 4 nitrogen and oxygen atoms in total. The van der Waals surface area contributed by atoms with E-state index < -0.39 is 0 Å². The number of nitrogens with zero attached hydrogens (tertiary/aromatic N) is 2. The molecule has 2 N–H and O–H groups in total. The zero-order chi connectivity index (χ0) is 14.3. The summed E-state index contributed by atoms with van der Waals surface area (Å²) in [6.45, 7) is 12.4. The summed E-state index contributed by atoms with van der Waals surface area (Å²) >= 11 is 0. The number of hydrogen-bond donors (Lipinski definition) is 2. The molecule has 1 fully saturated rings. The van der Waals surface area contributed by atoms with Gasteiger partial charge in [-0.25, -0.2) is 0 Å². The van der Waals surface area contributed by atoms with E-state index in [1.54, 1.807) is 0 Å². The highest BCUT2D eigenvalue weighted by Crippen LogP contribution is 2.19. The fourth-order valence-corrected chi connectivity index (χ4v) is 2.44. The Labute approximate surface area is 142 Å². The standard InChI is InChI=1S/C15H32N4.HI/c1-6-13(2)18-14(16-5)17-12-15(3,4)19-10-8-7-9-11-19;/h13H,6-12H2,1-5H3,(H2,16,17,18);1H. The second-order valence-corrected chi connectivity index (χ2v) is 6.24. The van der Waals surface area contributed by atoms with Gasteiger partial charge in [-0.3, -0.25) is 9.89 Å². The minimum absolute atomic E-state index is 0. The van der Waals surface area contributed by atoms with Gasteiger partial charge in [-0.2, -0.15) is 0 Å². The Morgan fingerprint density at radius 1 is 1.25 bits per heavy atom. The van der Waals surface area contributed by atoms with Gasteiger partial charge in [0, 0.05) is 25.2 Å². The van der Waals surface area contributed by atoms with Gasteiger partial charge in [-0.15, -0.1) is 24.0 Å². The molecule has 1 atom stereocenters.